The molecule has 0 saturated heterocycles. The Bertz CT molecular complexity index is 2170. The van der Waals surface area contributed by atoms with Crippen molar-refractivity contribution < 1.29 is 103 Å². The van der Waals surface area contributed by atoms with Gasteiger partial charge >= 0.3 is 65.2 Å². The Morgan fingerprint density at radius 2 is 1.41 bits per heavy atom. The fourth-order valence-electron chi connectivity index (χ4n) is 4.71. The van der Waals surface area contributed by atoms with E-state index in [1.165, 1.54) is 37.3 Å². The molecule has 20 heteroatoms. The van der Waals surface area contributed by atoms with Crippen molar-refractivity contribution in [2.75, 3.05) is 16.4 Å². The molecular formula is C26H16ClF2N5Na2O8S2. The molecule has 0 bridgehead atoms. The first kappa shape index (κ1) is 37.9. The second kappa shape index (κ2) is 13.9. The molecule has 3 aromatic carbocycles. The Hall–Kier alpha value is -2.55. The quantitative estimate of drug-likeness (QED) is 0.0513. The monoisotopic (exact) mass is 709 g/mol. The second-order valence-electron chi connectivity index (χ2n) is 9.40. The van der Waals surface area contributed by atoms with Gasteiger partial charge in [-0.25, -0.2) is 16.8 Å². The van der Waals surface area contributed by atoms with E-state index in [2.05, 4.69) is 20.6 Å². The van der Waals surface area contributed by atoms with Crippen molar-refractivity contribution in [3.63, 3.8) is 0 Å². The zero-order valence-corrected chi connectivity index (χ0v) is 30.3. The molecule has 4 N–H and O–H groups in total. The average molecular weight is 710 g/mol. The second-order valence-corrected chi connectivity index (χ2v) is 12.5. The number of rotatable bonds is 7. The maximum atomic E-state index is 13.9. The topological polar surface area (TPSA) is 224 Å². The number of ketones is 2. The van der Waals surface area contributed by atoms with Crippen molar-refractivity contribution >= 4 is 66.3 Å². The number of carbonyl (C=O) groups excluding carboxylic acids is 2. The zero-order chi connectivity index (χ0) is 32.3. The smallest absolute Gasteiger partial charge is 0.744 e. The molecule has 0 saturated carbocycles. The molecule has 46 heavy (non-hydrogen) atoms. The first-order valence-corrected chi connectivity index (χ1v) is 15.3. The summed E-state index contributed by atoms with van der Waals surface area (Å²) in [5, 5.41) is 4.50. The van der Waals surface area contributed by atoms with E-state index in [9.17, 15) is 44.3 Å². The molecule has 0 atom stereocenters. The van der Waals surface area contributed by atoms with Crippen molar-refractivity contribution in [2.24, 2.45) is 0 Å². The van der Waals surface area contributed by atoms with E-state index in [4.69, 9.17) is 17.3 Å². The Morgan fingerprint density at radius 1 is 0.870 bits per heavy atom. The number of nitrogens with two attached hydrogens (primary N) is 1. The number of halogens is 3. The first-order valence-electron chi connectivity index (χ1n) is 12.1. The summed E-state index contributed by atoms with van der Waals surface area (Å²) in [5.41, 5.74) is 3.27. The van der Waals surface area contributed by atoms with E-state index in [1.807, 2.05) is 0 Å². The largest absolute Gasteiger partial charge is 1.00 e. The summed E-state index contributed by atoms with van der Waals surface area (Å²) >= 11 is 5.81. The minimum atomic E-state index is -5.34. The number of hydrogen-bond donors (Lipinski definition) is 3. The van der Waals surface area contributed by atoms with Crippen LogP contribution in [0, 0.1) is 18.9 Å². The SMILES string of the molecule is Cc1cc(CNc2nc(F)nc(F)c2Cl)c(Nc2cc(S(=O)(=O)[O-])c(N)c3c2C(=O)c2ccccc2C3=O)cc1S(=O)(=O)[O-].[Na+].[Na+]. The zero-order valence-electron chi connectivity index (χ0n) is 23.9. The van der Waals surface area contributed by atoms with E-state index in [0.29, 0.717) is 6.07 Å². The minimum Gasteiger partial charge on any atom is -0.744 e. The van der Waals surface area contributed by atoms with E-state index in [-0.39, 0.29) is 87.1 Å². The van der Waals surface area contributed by atoms with E-state index in [0.717, 1.165) is 6.07 Å². The van der Waals surface area contributed by atoms with Crippen LogP contribution < -0.4 is 75.5 Å². The fraction of sp³-hybridized carbons (Fsp3) is 0.0769. The molecule has 228 valence electrons. The van der Waals surface area contributed by atoms with Crippen LogP contribution in [-0.4, -0.2) is 47.5 Å². The number of carbonyl (C=O) groups is 2. The number of aryl methyl sites for hydroxylation is 1. The van der Waals surface area contributed by atoms with Gasteiger partial charge in [-0.05, 0) is 30.2 Å². The molecule has 0 spiro atoms. The minimum absolute atomic E-state index is 0. The predicted octanol–water partition coefficient (Wildman–Crippen LogP) is -2.75. The molecule has 0 unspecified atom stereocenters. The molecule has 1 heterocycles. The number of nitrogens with one attached hydrogen (secondary N) is 2. The number of benzene rings is 3. The number of aromatic nitrogens is 2. The van der Waals surface area contributed by atoms with Crippen LogP contribution in [0.25, 0.3) is 0 Å². The molecular weight excluding hydrogens is 694 g/mol. The van der Waals surface area contributed by atoms with Crippen molar-refractivity contribution in [2.45, 2.75) is 23.3 Å². The van der Waals surface area contributed by atoms with Gasteiger partial charge in [-0.1, -0.05) is 41.9 Å². The van der Waals surface area contributed by atoms with Crippen LogP contribution >= 0.6 is 11.6 Å². The summed E-state index contributed by atoms with van der Waals surface area (Å²) in [6.45, 7) is 0.874. The van der Waals surface area contributed by atoms with Gasteiger partial charge in [0.25, 0.3) is 0 Å². The standard InChI is InChI=1S/C26H18ClF2N5O8S2.2Na/c1-10-6-11(9-31-25-20(27)24(28)33-26(29)34-25)14(7-16(10)43(37,38)39)32-15-8-17(44(40,41)42)21(30)19-18(15)22(35)12-4-2-3-5-13(12)23(19)36;;/h2-8,32H,9,30H2,1H3,(H,31,33,34)(H,37,38,39)(H,40,41,42);;/q;2*+1/p-2. The van der Waals surface area contributed by atoms with Crippen molar-refractivity contribution in [3.05, 3.63) is 92.9 Å². The maximum Gasteiger partial charge on any atom is 1.00 e. The Morgan fingerprint density at radius 3 is 1.98 bits per heavy atom. The maximum absolute atomic E-state index is 13.9. The van der Waals surface area contributed by atoms with Crippen LogP contribution in [0.2, 0.25) is 5.02 Å². The number of nitrogens with zero attached hydrogens (tertiary/aromatic N) is 2. The summed E-state index contributed by atoms with van der Waals surface area (Å²) in [6.07, 6.45) is -1.46. The molecule has 0 aliphatic heterocycles. The molecule has 13 nitrogen and oxygen atoms in total. The van der Waals surface area contributed by atoms with E-state index in [1.54, 1.807) is 0 Å². The normalized spacial score (nSPS) is 12.4. The summed E-state index contributed by atoms with van der Waals surface area (Å²) in [7, 11) is -10.4. The Balaban J connectivity index is 0.00000288. The summed E-state index contributed by atoms with van der Waals surface area (Å²) in [4.78, 5) is 31.5. The predicted molar refractivity (Wildman–Crippen MR) is 149 cm³/mol. The summed E-state index contributed by atoms with van der Waals surface area (Å²) in [5.74, 6) is -3.53. The summed E-state index contributed by atoms with van der Waals surface area (Å²) in [6, 6.07) is 8.32. The van der Waals surface area contributed by atoms with Crippen LogP contribution in [0.3, 0.4) is 0 Å². The van der Waals surface area contributed by atoms with E-state index < -0.39 is 93.5 Å². The van der Waals surface area contributed by atoms with Gasteiger partial charge in [-0.3, -0.25) is 9.59 Å². The number of nitrogen functional groups attached to an aromatic ring is 1. The Kier molecular flexibility index (Phi) is 11.4. The van der Waals surface area contributed by atoms with Crippen LogP contribution in [0.4, 0.5) is 31.7 Å². The van der Waals surface area contributed by atoms with Crippen molar-refractivity contribution in [3.8, 4) is 0 Å². The van der Waals surface area contributed by atoms with Crippen molar-refractivity contribution in [1.82, 2.24) is 9.97 Å². The van der Waals surface area contributed by atoms with Gasteiger partial charge in [-0.15, -0.1) is 0 Å². The molecule has 0 fully saturated rings. The van der Waals surface area contributed by atoms with Gasteiger partial charge < -0.3 is 25.5 Å². The third kappa shape index (κ3) is 7.14. The van der Waals surface area contributed by atoms with Crippen LogP contribution in [-0.2, 0) is 26.8 Å². The molecule has 1 aliphatic carbocycles. The molecule has 4 aromatic rings. The Labute approximate surface area is 309 Å². The van der Waals surface area contributed by atoms with Gasteiger partial charge in [0.05, 0.1) is 32.3 Å². The van der Waals surface area contributed by atoms with Crippen molar-refractivity contribution in [1.29, 1.82) is 0 Å². The van der Waals surface area contributed by atoms with Gasteiger partial charge in [-0.2, -0.15) is 18.7 Å². The third-order valence-electron chi connectivity index (χ3n) is 6.64. The van der Waals surface area contributed by atoms with Crippen LogP contribution in [0.5, 0.6) is 0 Å². The molecule has 0 amide bonds. The fourth-order valence-corrected chi connectivity index (χ4v) is 6.21. The molecule has 5 rings (SSSR count). The van der Waals surface area contributed by atoms with Gasteiger partial charge in [0, 0.05) is 23.4 Å². The van der Waals surface area contributed by atoms with Gasteiger partial charge in [0.15, 0.2) is 17.4 Å². The van der Waals surface area contributed by atoms with Gasteiger partial charge in [0.1, 0.15) is 25.3 Å². The summed E-state index contributed by atoms with van der Waals surface area (Å²) < 4.78 is 100.0. The molecule has 1 aromatic heterocycles. The molecule has 0 radical (unpaired) electrons. The number of anilines is 4. The van der Waals surface area contributed by atoms with E-state index >= 15 is 0 Å². The van der Waals surface area contributed by atoms with Crippen LogP contribution in [0.1, 0.15) is 43.0 Å². The van der Waals surface area contributed by atoms with Gasteiger partial charge in [0.2, 0.25) is 5.95 Å². The number of hydrogen-bond acceptors (Lipinski definition) is 13. The molecule has 1 aliphatic rings. The number of fused-ring (bicyclic) bond motifs is 2. The van der Waals surface area contributed by atoms with Crippen LogP contribution in [0.15, 0.2) is 52.3 Å². The first-order chi connectivity index (χ1) is 20.5. The third-order valence-corrected chi connectivity index (χ3v) is 8.83. The average Bonchev–Trinajstić information content (AvgIpc) is 2.93.